The van der Waals surface area contributed by atoms with Crippen molar-refractivity contribution in [3.63, 3.8) is 0 Å². The van der Waals surface area contributed by atoms with Crippen LogP contribution in [-0.4, -0.2) is 22.7 Å². The molecule has 2 heterocycles. The van der Waals surface area contributed by atoms with Crippen LogP contribution in [0.1, 0.15) is 17.7 Å². The summed E-state index contributed by atoms with van der Waals surface area (Å²) in [5.41, 5.74) is 4.42. The lowest BCUT2D eigenvalue weighted by Crippen LogP contribution is -2.48. The largest absolute Gasteiger partial charge is 0.465 e. The van der Waals surface area contributed by atoms with Crippen LogP contribution in [0.2, 0.25) is 0 Å². The molecule has 0 atom stereocenters. The lowest BCUT2D eigenvalue weighted by molar-refractivity contribution is -0.135. The van der Waals surface area contributed by atoms with E-state index in [0.29, 0.717) is 17.0 Å². The van der Waals surface area contributed by atoms with Crippen molar-refractivity contribution in [2.75, 3.05) is 5.88 Å². The minimum atomic E-state index is -0.381. The number of hydrogen-bond acceptors (Lipinski definition) is 3. The average Bonchev–Trinajstić information content (AvgIpc) is 3.10. The Hall–Kier alpha value is -2.79. The van der Waals surface area contributed by atoms with E-state index in [2.05, 4.69) is 5.43 Å². The summed E-state index contributed by atoms with van der Waals surface area (Å²) >= 11 is 5.67. The molecule has 1 aliphatic heterocycles. The van der Waals surface area contributed by atoms with E-state index in [1.807, 2.05) is 30.3 Å². The van der Waals surface area contributed by atoms with E-state index in [4.69, 9.17) is 16.0 Å². The van der Waals surface area contributed by atoms with Crippen molar-refractivity contribution in [2.24, 2.45) is 0 Å². The molecule has 1 N–H and O–H groups in total. The van der Waals surface area contributed by atoms with Crippen LogP contribution in [0.3, 0.4) is 0 Å². The van der Waals surface area contributed by atoms with Gasteiger partial charge in [0.2, 0.25) is 5.91 Å². The first-order valence-corrected chi connectivity index (χ1v) is 7.94. The molecular formula is C18H15ClN2O3. The minimum absolute atomic E-state index is 0.128. The van der Waals surface area contributed by atoms with Gasteiger partial charge < -0.3 is 4.42 Å². The number of halogens is 1. The smallest absolute Gasteiger partial charge is 0.270 e. The van der Waals surface area contributed by atoms with Crippen molar-refractivity contribution in [1.29, 1.82) is 0 Å². The Morgan fingerprint density at radius 2 is 2.00 bits per heavy atom. The van der Waals surface area contributed by atoms with E-state index in [9.17, 15) is 9.59 Å². The van der Waals surface area contributed by atoms with Crippen molar-refractivity contribution in [1.82, 2.24) is 10.4 Å². The number of amides is 2. The predicted molar refractivity (Wildman–Crippen MR) is 91.4 cm³/mol. The Bertz CT molecular complexity index is 795. The third-order valence-electron chi connectivity index (χ3n) is 3.48. The molecule has 0 saturated carbocycles. The van der Waals surface area contributed by atoms with Crippen molar-refractivity contribution in [3.8, 4) is 0 Å². The molecule has 0 aliphatic carbocycles. The second-order valence-electron chi connectivity index (χ2n) is 5.12. The maximum Gasteiger partial charge on any atom is 0.270 e. The van der Waals surface area contributed by atoms with E-state index in [1.165, 1.54) is 11.3 Å². The molecule has 0 saturated heterocycles. The first kappa shape index (κ1) is 16.1. The van der Waals surface area contributed by atoms with Crippen LogP contribution in [-0.2, 0) is 9.59 Å². The molecule has 1 aromatic heterocycles. The van der Waals surface area contributed by atoms with Crippen LogP contribution in [0, 0.1) is 0 Å². The van der Waals surface area contributed by atoms with E-state index in [0.717, 1.165) is 5.56 Å². The molecule has 1 aliphatic rings. The summed E-state index contributed by atoms with van der Waals surface area (Å²) in [5.74, 6) is 0.0892. The highest BCUT2D eigenvalue weighted by molar-refractivity contribution is 6.19. The molecule has 0 fully saturated rings. The fourth-order valence-corrected chi connectivity index (χ4v) is 2.51. The zero-order chi connectivity index (χ0) is 16.9. The van der Waals surface area contributed by atoms with E-state index in [-0.39, 0.29) is 24.1 Å². The number of furan rings is 1. The summed E-state index contributed by atoms with van der Waals surface area (Å²) in [5, 5.41) is 1.25. The van der Waals surface area contributed by atoms with E-state index >= 15 is 0 Å². The number of alkyl halides is 1. The number of benzene rings is 1. The quantitative estimate of drug-likeness (QED) is 0.685. The molecule has 0 radical (unpaired) electrons. The zero-order valence-corrected chi connectivity index (χ0v) is 13.5. The lowest BCUT2D eigenvalue weighted by atomic mass is 10.0. The van der Waals surface area contributed by atoms with Crippen LogP contribution in [0.5, 0.6) is 0 Å². The lowest BCUT2D eigenvalue weighted by Gasteiger charge is -2.30. The van der Waals surface area contributed by atoms with Crippen molar-refractivity contribution in [3.05, 3.63) is 71.7 Å². The highest BCUT2D eigenvalue weighted by atomic mass is 35.5. The standard InChI is InChI=1S/C18H15ClN2O3/c19-9-8-17(22)21-16(13-5-2-1-3-6-13)12-14(18(23)20-21)11-15-7-4-10-24-15/h1-7,10-12H,8-9H2,(H,20,23)/b14-11+. The maximum absolute atomic E-state index is 12.3. The van der Waals surface area contributed by atoms with Gasteiger partial charge in [0.25, 0.3) is 5.91 Å². The number of rotatable bonds is 4. The first-order chi connectivity index (χ1) is 11.7. The van der Waals surface area contributed by atoms with Gasteiger partial charge >= 0.3 is 0 Å². The highest BCUT2D eigenvalue weighted by Crippen LogP contribution is 2.25. The fraction of sp³-hybridized carbons (Fsp3) is 0.111. The topological polar surface area (TPSA) is 62.6 Å². The number of carbonyl (C=O) groups is 2. The van der Waals surface area contributed by atoms with Crippen molar-refractivity contribution >= 4 is 35.2 Å². The monoisotopic (exact) mass is 342 g/mol. The molecule has 5 nitrogen and oxygen atoms in total. The summed E-state index contributed by atoms with van der Waals surface area (Å²) in [6.07, 6.45) is 4.96. The Morgan fingerprint density at radius 1 is 1.21 bits per heavy atom. The number of nitrogens with zero attached hydrogens (tertiary/aromatic N) is 1. The maximum atomic E-state index is 12.3. The summed E-state index contributed by atoms with van der Waals surface area (Å²) in [7, 11) is 0. The fourth-order valence-electron chi connectivity index (χ4n) is 2.35. The molecule has 0 spiro atoms. The molecule has 122 valence electrons. The number of hydrogen-bond donors (Lipinski definition) is 1. The molecule has 0 unspecified atom stereocenters. The van der Waals surface area contributed by atoms with E-state index < -0.39 is 0 Å². The molecule has 3 rings (SSSR count). The first-order valence-electron chi connectivity index (χ1n) is 7.41. The molecule has 24 heavy (non-hydrogen) atoms. The highest BCUT2D eigenvalue weighted by Gasteiger charge is 2.27. The number of carbonyl (C=O) groups excluding carboxylic acids is 2. The second-order valence-corrected chi connectivity index (χ2v) is 5.50. The summed E-state index contributed by atoms with van der Waals surface area (Å²) in [6, 6.07) is 12.9. The van der Waals surface area contributed by atoms with Crippen LogP contribution < -0.4 is 5.43 Å². The summed E-state index contributed by atoms with van der Waals surface area (Å²) < 4.78 is 5.25. The third kappa shape index (κ3) is 3.41. The van der Waals surface area contributed by atoms with Crippen molar-refractivity contribution < 1.29 is 14.0 Å². The SMILES string of the molecule is O=C1NN(C(=O)CCCl)C(c2ccccc2)=C/C1=C\c1ccco1. The minimum Gasteiger partial charge on any atom is -0.465 e. The molecule has 1 aromatic carbocycles. The zero-order valence-electron chi connectivity index (χ0n) is 12.7. The summed E-state index contributed by atoms with van der Waals surface area (Å²) in [4.78, 5) is 24.6. The van der Waals surface area contributed by atoms with Gasteiger partial charge in [-0.05, 0) is 24.3 Å². The van der Waals surface area contributed by atoms with Gasteiger partial charge in [-0.15, -0.1) is 11.6 Å². The molecule has 2 amide bonds. The van der Waals surface area contributed by atoms with Crippen LogP contribution in [0.25, 0.3) is 11.8 Å². The van der Waals surface area contributed by atoms with Gasteiger partial charge in [-0.3, -0.25) is 15.0 Å². The predicted octanol–water partition coefficient (Wildman–Crippen LogP) is 3.21. The Balaban J connectivity index is 2.04. The normalized spacial score (nSPS) is 16.0. The van der Waals surface area contributed by atoms with Gasteiger partial charge in [-0.25, -0.2) is 5.01 Å². The average molecular weight is 343 g/mol. The molecule has 6 heteroatoms. The third-order valence-corrected chi connectivity index (χ3v) is 3.67. The Morgan fingerprint density at radius 3 is 2.67 bits per heavy atom. The van der Waals surface area contributed by atoms with Gasteiger partial charge in [0, 0.05) is 23.4 Å². The number of hydrazine groups is 1. The van der Waals surface area contributed by atoms with Gasteiger partial charge in [-0.2, -0.15) is 0 Å². The van der Waals surface area contributed by atoms with Gasteiger partial charge in [0.1, 0.15) is 5.76 Å². The molecule has 2 aromatic rings. The van der Waals surface area contributed by atoms with E-state index in [1.54, 1.807) is 24.3 Å². The summed E-state index contributed by atoms with van der Waals surface area (Å²) in [6.45, 7) is 0. The van der Waals surface area contributed by atoms with Crippen LogP contribution in [0.15, 0.2) is 64.8 Å². The Labute approximate surface area is 144 Å². The van der Waals surface area contributed by atoms with Crippen LogP contribution >= 0.6 is 11.6 Å². The van der Waals surface area contributed by atoms with Gasteiger partial charge in [0.05, 0.1) is 12.0 Å². The molecule has 0 bridgehead atoms. The van der Waals surface area contributed by atoms with Crippen LogP contribution in [0.4, 0.5) is 0 Å². The second kappa shape index (κ2) is 7.19. The van der Waals surface area contributed by atoms with Gasteiger partial charge in [0.15, 0.2) is 0 Å². The molecular weight excluding hydrogens is 328 g/mol. The van der Waals surface area contributed by atoms with Crippen molar-refractivity contribution in [2.45, 2.75) is 6.42 Å². The Kier molecular flexibility index (Phi) is 4.82. The number of nitrogens with one attached hydrogen (secondary N) is 1. The van der Waals surface area contributed by atoms with Gasteiger partial charge in [-0.1, -0.05) is 30.3 Å².